The summed E-state index contributed by atoms with van der Waals surface area (Å²) in [4.78, 5) is 22.8. The van der Waals surface area contributed by atoms with E-state index in [2.05, 4.69) is 0 Å². The summed E-state index contributed by atoms with van der Waals surface area (Å²) in [6.07, 6.45) is 0. The highest BCUT2D eigenvalue weighted by Gasteiger charge is 2.39. The van der Waals surface area contributed by atoms with Crippen LogP contribution in [0, 0.1) is 0 Å². The normalized spacial score (nSPS) is 12.8. The lowest BCUT2D eigenvalue weighted by molar-refractivity contribution is -0.817. The van der Waals surface area contributed by atoms with Crippen LogP contribution in [-0.4, -0.2) is 63.1 Å². The van der Waals surface area contributed by atoms with Gasteiger partial charge >= 0.3 is 11.8 Å². The molecule has 70 valence electrons. The van der Waals surface area contributed by atoms with Crippen LogP contribution in [0.1, 0.15) is 0 Å². The molecule has 0 radical (unpaired) electrons. The van der Waals surface area contributed by atoms with Crippen molar-refractivity contribution in [3.05, 3.63) is 0 Å². The van der Waals surface area contributed by atoms with Gasteiger partial charge in [0.05, 0.1) is 42.3 Å². The van der Waals surface area contributed by atoms with Crippen LogP contribution >= 0.6 is 0 Å². The fourth-order valence-electron chi connectivity index (χ4n) is 0.574. The Morgan fingerprint density at radius 3 is 0.917 bits per heavy atom. The maximum Gasteiger partial charge on any atom is 0.442 e. The molecule has 0 unspecified atom stereocenters. The Balaban J connectivity index is 4.66. The molecule has 0 saturated carbocycles. The van der Waals surface area contributed by atoms with Crippen LogP contribution < -0.4 is 0 Å². The monoisotopic (exact) mass is 174 g/mol. The lowest BCUT2D eigenvalue weighted by atomic mass is 10.4. The van der Waals surface area contributed by atoms with Crippen molar-refractivity contribution in [3.63, 3.8) is 0 Å². The van der Waals surface area contributed by atoms with E-state index in [0.717, 1.165) is 0 Å². The smallest absolute Gasteiger partial charge is 0.255 e. The van der Waals surface area contributed by atoms with Crippen molar-refractivity contribution in [1.82, 2.24) is 0 Å². The van der Waals surface area contributed by atoms with Crippen LogP contribution in [0.15, 0.2) is 0 Å². The van der Waals surface area contributed by atoms with Crippen molar-refractivity contribution in [2.24, 2.45) is 0 Å². The molecule has 0 heterocycles. The molecule has 0 aromatic carbocycles. The van der Waals surface area contributed by atoms with Crippen LogP contribution in [0.25, 0.3) is 0 Å². The molecular weight excluding hydrogens is 156 g/mol. The van der Waals surface area contributed by atoms with E-state index < -0.39 is 0 Å². The first-order chi connectivity index (χ1) is 5.07. The van der Waals surface area contributed by atoms with E-state index >= 15 is 0 Å². The number of rotatable bonds is 0. The lowest BCUT2D eigenvalue weighted by Gasteiger charge is -2.24. The minimum absolute atomic E-state index is 0.0500. The first kappa shape index (κ1) is 11.3. The van der Waals surface area contributed by atoms with Gasteiger partial charge in [0.25, 0.3) is 0 Å². The number of likely N-dealkylation sites (N-methyl/N-ethyl adjacent to an activating group) is 2. The van der Waals surface area contributed by atoms with Crippen LogP contribution in [0.3, 0.4) is 0 Å². The molecule has 0 rings (SSSR count). The number of nitrogens with zero attached hydrogens (tertiary/aromatic N) is 2. The Kier molecular flexibility index (Phi) is 2.77. The third-order valence-corrected chi connectivity index (χ3v) is 1.40. The zero-order valence-corrected chi connectivity index (χ0v) is 8.71. The average molecular weight is 174 g/mol. The van der Waals surface area contributed by atoms with E-state index in [9.17, 15) is 9.59 Å². The van der Waals surface area contributed by atoms with Gasteiger partial charge in [-0.15, -0.1) is 0 Å². The van der Waals surface area contributed by atoms with Gasteiger partial charge in [-0.3, -0.25) is 8.97 Å². The van der Waals surface area contributed by atoms with Crippen molar-refractivity contribution in [2.45, 2.75) is 0 Å². The Morgan fingerprint density at radius 2 is 0.833 bits per heavy atom. The fourth-order valence-corrected chi connectivity index (χ4v) is 0.574. The predicted octanol–water partition coefficient (Wildman–Crippen LogP) is -0.548. The van der Waals surface area contributed by atoms with Crippen molar-refractivity contribution in [2.75, 3.05) is 42.3 Å². The predicted molar refractivity (Wildman–Crippen MR) is 46.1 cm³/mol. The van der Waals surface area contributed by atoms with Gasteiger partial charge < -0.3 is 0 Å². The molecule has 0 aliphatic heterocycles. The summed E-state index contributed by atoms with van der Waals surface area (Å²) in [6.45, 7) is 0. The maximum absolute atomic E-state index is 11.4. The molecule has 4 nitrogen and oxygen atoms in total. The molecule has 0 atom stereocenters. The first-order valence-corrected chi connectivity index (χ1v) is 3.79. The first-order valence-electron chi connectivity index (χ1n) is 3.79. The van der Waals surface area contributed by atoms with Gasteiger partial charge in [0, 0.05) is 0 Å². The molecule has 0 fully saturated rings. The van der Waals surface area contributed by atoms with Crippen LogP contribution in [0.4, 0.5) is 0 Å². The summed E-state index contributed by atoms with van der Waals surface area (Å²) < 4.78 is 0.0999. The number of amides is 2. The van der Waals surface area contributed by atoms with Gasteiger partial charge in [-0.25, -0.2) is 9.59 Å². The standard InChI is InChI=1S/C8H18N2O2/c1-9(2,3)7(11)8(12)10(4,5)6/h1-6H3/q+2. The molecule has 0 spiro atoms. The van der Waals surface area contributed by atoms with Gasteiger partial charge in [-0.1, -0.05) is 0 Å². The molecule has 0 aromatic rings. The highest BCUT2D eigenvalue weighted by Crippen LogP contribution is 2.00. The molecule has 0 aromatic heterocycles. The SMILES string of the molecule is C[N+](C)(C)C(=O)C(=O)[N+](C)(C)C. The third kappa shape index (κ3) is 2.71. The summed E-state index contributed by atoms with van der Waals surface area (Å²) in [5.74, 6) is -0.745. The van der Waals surface area contributed by atoms with E-state index in [1.54, 1.807) is 42.3 Å². The van der Waals surface area contributed by atoms with E-state index in [1.807, 2.05) is 0 Å². The van der Waals surface area contributed by atoms with Crippen LogP contribution in [0.5, 0.6) is 0 Å². The highest BCUT2D eigenvalue weighted by atomic mass is 16.2. The second-order valence-electron chi connectivity index (χ2n) is 4.64. The number of carbonyl (C=O) groups excluding carboxylic acids is 2. The number of quaternary nitrogens is 2. The fraction of sp³-hybridized carbons (Fsp3) is 0.750. The Hall–Kier alpha value is -0.740. The van der Waals surface area contributed by atoms with Crippen molar-refractivity contribution >= 4 is 11.8 Å². The molecule has 0 saturated heterocycles. The summed E-state index contributed by atoms with van der Waals surface area (Å²) in [7, 11) is 10.1. The highest BCUT2D eigenvalue weighted by molar-refractivity contribution is 6.28. The van der Waals surface area contributed by atoms with E-state index in [4.69, 9.17) is 0 Å². The number of carbonyl (C=O) groups is 2. The lowest BCUT2D eigenvalue weighted by Crippen LogP contribution is -2.55. The third-order valence-electron chi connectivity index (χ3n) is 1.40. The topological polar surface area (TPSA) is 34.1 Å². The minimum Gasteiger partial charge on any atom is -0.255 e. The van der Waals surface area contributed by atoms with Gasteiger partial charge in [0.2, 0.25) is 0 Å². The zero-order valence-electron chi connectivity index (χ0n) is 8.71. The molecule has 12 heavy (non-hydrogen) atoms. The van der Waals surface area contributed by atoms with Gasteiger partial charge in [0.15, 0.2) is 0 Å². The molecular formula is C8H18N2O2+2. The van der Waals surface area contributed by atoms with E-state index in [0.29, 0.717) is 0 Å². The summed E-state index contributed by atoms with van der Waals surface area (Å²) in [6, 6.07) is 0. The average Bonchev–Trinajstić information content (AvgIpc) is 1.80. The van der Waals surface area contributed by atoms with Crippen LogP contribution in [-0.2, 0) is 9.59 Å². The van der Waals surface area contributed by atoms with Gasteiger partial charge in [0.1, 0.15) is 0 Å². The zero-order chi connectivity index (χ0) is 10.2. The molecule has 0 aliphatic carbocycles. The van der Waals surface area contributed by atoms with Crippen LogP contribution in [0.2, 0.25) is 0 Å². The van der Waals surface area contributed by atoms with E-state index in [1.165, 1.54) is 0 Å². The molecule has 0 N–H and O–H groups in total. The molecule has 4 heteroatoms. The van der Waals surface area contributed by atoms with Crippen molar-refractivity contribution in [3.8, 4) is 0 Å². The Labute approximate surface area is 73.6 Å². The van der Waals surface area contributed by atoms with Crippen molar-refractivity contribution in [1.29, 1.82) is 0 Å². The van der Waals surface area contributed by atoms with Gasteiger partial charge in [-0.2, -0.15) is 0 Å². The van der Waals surface area contributed by atoms with E-state index in [-0.39, 0.29) is 20.8 Å². The maximum atomic E-state index is 11.4. The molecule has 2 amide bonds. The number of hydrogen-bond donors (Lipinski definition) is 0. The number of hydrogen-bond acceptors (Lipinski definition) is 2. The Bertz CT molecular complexity index is 184. The summed E-state index contributed by atoms with van der Waals surface area (Å²) in [5, 5.41) is 0. The summed E-state index contributed by atoms with van der Waals surface area (Å²) in [5.41, 5.74) is 0. The second-order valence-corrected chi connectivity index (χ2v) is 4.64. The largest absolute Gasteiger partial charge is 0.442 e. The Morgan fingerprint density at radius 1 is 0.667 bits per heavy atom. The molecule has 0 bridgehead atoms. The minimum atomic E-state index is -0.373. The second kappa shape index (κ2) is 2.95. The quantitative estimate of drug-likeness (QED) is 0.365. The van der Waals surface area contributed by atoms with Crippen molar-refractivity contribution < 1.29 is 18.6 Å². The van der Waals surface area contributed by atoms with Gasteiger partial charge in [-0.05, 0) is 0 Å². The molecule has 0 aliphatic rings. The summed E-state index contributed by atoms with van der Waals surface area (Å²) >= 11 is 0.